The summed E-state index contributed by atoms with van der Waals surface area (Å²) in [7, 11) is 0. The second-order valence-corrected chi connectivity index (χ2v) is 7.15. The van der Waals surface area contributed by atoms with Gasteiger partial charge in [-0.25, -0.2) is 0 Å². The molecule has 2 rings (SSSR count). The van der Waals surface area contributed by atoms with Crippen LogP contribution in [0.4, 0.5) is 0 Å². The van der Waals surface area contributed by atoms with Gasteiger partial charge in [-0.1, -0.05) is 37.8 Å². The third-order valence-electron chi connectivity index (χ3n) is 3.85. The largest absolute Gasteiger partial charge is 0.271 e. The molecule has 114 valence electrons. The first kappa shape index (κ1) is 16.1. The summed E-state index contributed by atoms with van der Waals surface area (Å²) < 4.78 is 1.98. The fourth-order valence-electron chi connectivity index (χ4n) is 2.78. The lowest BCUT2D eigenvalue weighted by molar-refractivity contribution is 0.501. The van der Waals surface area contributed by atoms with Crippen LogP contribution < -0.4 is 11.3 Å². The van der Waals surface area contributed by atoms with Gasteiger partial charge in [0.1, 0.15) is 0 Å². The number of thioether (sulfide) groups is 1. The first-order chi connectivity index (χ1) is 9.76. The van der Waals surface area contributed by atoms with E-state index in [1.165, 1.54) is 32.1 Å². The molecule has 1 aromatic heterocycles. The van der Waals surface area contributed by atoms with Crippen LogP contribution in [0.3, 0.4) is 0 Å². The molecule has 0 aromatic carbocycles. The van der Waals surface area contributed by atoms with E-state index in [0.29, 0.717) is 5.02 Å². The number of nitrogens with one attached hydrogen (secondary N) is 1. The van der Waals surface area contributed by atoms with Crippen LogP contribution in [-0.2, 0) is 6.54 Å². The van der Waals surface area contributed by atoms with Gasteiger partial charge in [0.2, 0.25) is 0 Å². The third kappa shape index (κ3) is 4.13. The zero-order chi connectivity index (χ0) is 14.4. The molecule has 0 aliphatic heterocycles. The van der Waals surface area contributed by atoms with Gasteiger partial charge in [0.25, 0.3) is 0 Å². The minimum absolute atomic E-state index is 0.0727. The zero-order valence-electron chi connectivity index (χ0n) is 12.1. The van der Waals surface area contributed by atoms with Crippen LogP contribution in [0.5, 0.6) is 0 Å². The van der Waals surface area contributed by atoms with Gasteiger partial charge in [0.15, 0.2) is 0 Å². The van der Waals surface area contributed by atoms with Crippen molar-refractivity contribution in [3.8, 4) is 0 Å². The van der Waals surface area contributed by atoms with Crippen molar-refractivity contribution in [2.45, 2.75) is 63.3 Å². The summed E-state index contributed by atoms with van der Waals surface area (Å²) in [6.07, 6.45) is 9.57. The maximum Gasteiger partial charge on any atom is 0.0834 e. The van der Waals surface area contributed by atoms with E-state index in [0.717, 1.165) is 29.7 Å². The maximum absolute atomic E-state index is 6.29. The molecule has 0 radical (unpaired) electrons. The highest BCUT2D eigenvalue weighted by Gasteiger charge is 2.22. The van der Waals surface area contributed by atoms with Crippen molar-refractivity contribution >= 4 is 23.4 Å². The van der Waals surface area contributed by atoms with E-state index in [4.69, 9.17) is 17.4 Å². The Kier molecular flexibility index (Phi) is 6.68. The number of rotatable bonds is 7. The number of aromatic nitrogens is 2. The molecule has 4 nitrogen and oxygen atoms in total. The van der Waals surface area contributed by atoms with Crippen molar-refractivity contribution in [3.63, 3.8) is 0 Å². The van der Waals surface area contributed by atoms with E-state index >= 15 is 0 Å². The predicted octanol–water partition coefficient (Wildman–Crippen LogP) is 3.52. The average molecular weight is 317 g/mol. The molecule has 6 heteroatoms. The first-order valence-electron chi connectivity index (χ1n) is 7.55. The Morgan fingerprint density at radius 1 is 1.50 bits per heavy atom. The molecule has 3 N–H and O–H groups in total. The molecule has 1 heterocycles. The highest BCUT2D eigenvalue weighted by Crippen LogP contribution is 2.32. The SMILES string of the molecule is CCCn1ncc(Cl)c1C(CSC1CCCCC1)NN. The topological polar surface area (TPSA) is 55.9 Å². The second-order valence-electron chi connectivity index (χ2n) is 5.41. The van der Waals surface area contributed by atoms with Crippen LogP contribution in [0.2, 0.25) is 5.02 Å². The fraction of sp³-hybridized carbons (Fsp3) is 0.786. The molecular formula is C14H25ClN4S. The lowest BCUT2D eigenvalue weighted by atomic mass is 10.0. The van der Waals surface area contributed by atoms with Crippen LogP contribution in [0.25, 0.3) is 0 Å². The molecule has 0 spiro atoms. The quantitative estimate of drug-likeness (QED) is 0.597. The first-order valence-corrected chi connectivity index (χ1v) is 8.97. The lowest BCUT2D eigenvalue weighted by Crippen LogP contribution is -2.32. The number of hydrazine groups is 1. The Bertz CT molecular complexity index is 404. The number of hydrogen-bond acceptors (Lipinski definition) is 4. The summed E-state index contributed by atoms with van der Waals surface area (Å²) >= 11 is 8.31. The van der Waals surface area contributed by atoms with Gasteiger partial charge in [0, 0.05) is 17.5 Å². The Hall–Kier alpha value is -0.230. The Morgan fingerprint density at radius 2 is 2.25 bits per heavy atom. The van der Waals surface area contributed by atoms with E-state index in [-0.39, 0.29) is 6.04 Å². The number of halogens is 1. The molecule has 20 heavy (non-hydrogen) atoms. The molecule has 1 saturated carbocycles. The number of nitrogens with two attached hydrogens (primary N) is 1. The monoisotopic (exact) mass is 316 g/mol. The predicted molar refractivity (Wildman–Crippen MR) is 86.9 cm³/mol. The molecular weight excluding hydrogens is 292 g/mol. The Labute approximate surface area is 130 Å². The molecule has 1 aliphatic carbocycles. The number of nitrogens with zero attached hydrogens (tertiary/aromatic N) is 2. The number of aryl methyl sites for hydroxylation is 1. The van der Waals surface area contributed by atoms with Crippen LogP contribution in [0.1, 0.15) is 57.2 Å². The highest BCUT2D eigenvalue weighted by atomic mass is 35.5. The summed E-state index contributed by atoms with van der Waals surface area (Å²) in [4.78, 5) is 0. The van der Waals surface area contributed by atoms with Gasteiger partial charge in [0.05, 0.1) is 23.0 Å². The van der Waals surface area contributed by atoms with Gasteiger partial charge >= 0.3 is 0 Å². The summed E-state index contributed by atoms with van der Waals surface area (Å²) in [5.41, 5.74) is 3.94. The van der Waals surface area contributed by atoms with Gasteiger partial charge in [-0.3, -0.25) is 16.0 Å². The van der Waals surface area contributed by atoms with E-state index < -0.39 is 0 Å². The summed E-state index contributed by atoms with van der Waals surface area (Å²) in [5.74, 6) is 6.71. The normalized spacial score (nSPS) is 18.4. The smallest absolute Gasteiger partial charge is 0.0834 e. The maximum atomic E-state index is 6.29. The van der Waals surface area contributed by atoms with Crippen LogP contribution >= 0.6 is 23.4 Å². The van der Waals surface area contributed by atoms with Gasteiger partial charge in [-0.2, -0.15) is 16.9 Å². The second kappa shape index (κ2) is 8.27. The van der Waals surface area contributed by atoms with E-state index in [1.54, 1.807) is 6.20 Å². The van der Waals surface area contributed by atoms with E-state index in [9.17, 15) is 0 Å². The van der Waals surface area contributed by atoms with Gasteiger partial charge in [-0.05, 0) is 19.3 Å². The summed E-state index contributed by atoms with van der Waals surface area (Å²) in [5, 5.41) is 5.84. The minimum Gasteiger partial charge on any atom is -0.271 e. The standard InChI is InChI=1S/C14H25ClN4S/c1-2-8-19-14(12(15)9-17-19)13(18-16)10-20-11-6-4-3-5-7-11/h9,11,13,18H,2-8,10,16H2,1H3. The Balaban J connectivity index is 1.98. The van der Waals surface area contributed by atoms with Crippen molar-refractivity contribution in [2.24, 2.45) is 5.84 Å². The third-order valence-corrected chi connectivity index (χ3v) is 5.61. The van der Waals surface area contributed by atoms with Crippen LogP contribution in [0, 0.1) is 0 Å². The molecule has 1 unspecified atom stereocenters. The molecule has 1 fully saturated rings. The summed E-state index contributed by atoms with van der Waals surface area (Å²) in [6.45, 7) is 3.02. The van der Waals surface area contributed by atoms with E-state index in [2.05, 4.69) is 17.4 Å². The lowest BCUT2D eigenvalue weighted by Gasteiger charge is -2.24. The average Bonchev–Trinajstić information content (AvgIpc) is 2.83. The van der Waals surface area contributed by atoms with Crippen molar-refractivity contribution in [1.82, 2.24) is 15.2 Å². The van der Waals surface area contributed by atoms with Crippen LogP contribution in [0.15, 0.2) is 6.20 Å². The van der Waals surface area contributed by atoms with Crippen molar-refractivity contribution in [1.29, 1.82) is 0 Å². The molecule has 0 amide bonds. The summed E-state index contributed by atoms with van der Waals surface area (Å²) in [6, 6.07) is 0.0727. The molecule has 0 bridgehead atoms. The number of hydrogen-bond donors (Lipinski definition) is 2. The van der Waals surface area contributed by atoms with Crippen LogP contribution in [-0.4, -0.2) is 20.8 Å². The van der Waals surface area contributed by atoms with Gasteiger partial charge < -0.3 is 0 Å². The zero-order valence-corrected chi connectivity index (χ0v) is 13.7. The fourth-order valence-corrected chi connectivity index (χ4v) is 4.44. The highest BCUT2D eigenvalue weighted by molar-refractivity contribution is 7.99. The van der Waals surface area contributed by atoms with Crippen molar-refractivity contribution < 1.29 is 0 Å². The van der Waals surface area contributed by atoms with Crippen molar-refractivity contribution in [3.05, 3.63) is 16.9 Å². The van der Waals surface area contributed by atoms with E-state index in [1.807, 2.05) is 16.4 Å². The van der Waals surface area contributed by atoms with Gasteiger partial charge in [-0.15, -0.1) is 0 Å². The van der Waals surface area contributed by atoms with Crippen molar-refractivity contribution in [2.75, 3.05) is 5.75 Å². The Morgan fingerprint density at radius 3 is 2.90 bits per heavy atom. The molecule has 1 aromatic rings. The molecule has 0 saturated heterocycles. The minimum atomic E-state index is 0.0727. The molecule has 1 aliphatic rings. The molecule has 1 atom stereocenters.